The lowest BCUT2D eigenvalue weighted by Gasteiger charge is -2.48. The third-order valence-corrected chi connectivity index (χ3v) is 8.31. The first-order valence-electron chi connectivity index (χ1n) is 12.4. The molecule has 0 spiro atoms. The molecular weight excluding hydrogens is 538 g/mol. The molecule has 4 aromatic rings. The first-order valence-corrected chi connectivity index (χ1v) is 14.2. The molecule has 1 saturated heterocycles. The first-order chi connectivity index (χ1) is 18.6. The highest BCUT2D eigenvalue weighted by atomic mass is 35.5. The maximum atomic E-state index is 13.3. The van der Waals surface area contributed by atoms with Crippen LogP contribution in [0.3, 0.4) is 0 Å². The van der Waals surface area contributed by atoms with Gasteiger partial charge in [-0.25, -0.2) is 0 Å². The number of β-lactam (4-membered cyclic amide) rings is 1. The number of nitrogens with zero attached hydrogens (tertiary/aromatic N) is 1. The third kappa shape index (κ3) is 5.42. The molecule has 0 bridgehead atoms. The topological polar surface area (TPSA) is 115 Å². The second-order valence-electron chi connectivity index (χ2n) is 9.48. The Morgan fingerprint density at radius 3 is 2.15 bits per heavy atom. The Balaban J connectivity index is 1.43. The predicted molar refractivity (Wildman–Crippen MR) is 149 cm³/mol. The van der Waals surface area contributed by atoms with Crippen LogP contribution in [0.2, 0.25) is 5.02 Å². The normalized spacial score (nSPS) is 18.0. The molecule has 7 nitrogen and oxygen atoms in total. The molecule has 39 heavy (non-hydrogen) atoms. The van der Waals surface area contributed by atoms with Gasteiger partial charge >= 0.3 is 0 Å². The molecule has 0 aromatic heterocycles. The predicted octanol–water partition coefficient (Wildman–Crippen LogP) is 6.18. The highest BCUT2D eigenvalue weighted by molar-refractivity contribution is 7.85. The van der Waals surface area contributed by atoms with Crippen LogP contribution >= 0.6 is 11.6 Å². The van der Waals surface area contributed by atoms with E-state index in [2.05, 4.69) is 0 Å². The molecule has 1 aliphatic rings. The maximum Gasteiger partial charge on any atom is 0.294 e. The van der Waals surface area contributed by atoms with E-state index < -0.39 is 28.2 Å². The zero-order valence-electron chi connectivity index (χ0n) is 20.7. The van der Waals surface area contributed by atoms with Gasteiger partial charge in [0, 0.05) is 16.3 Å². The lowest BCUT2D eigenvalue weighted by molar-refractivity contribution is -0.131. The second kappa shape index (κ2) is 10.8. The van der Waals surface area contributed by atoms with Crippen molar-refractivity contribution < 1.29 is 28.0 Å². The minimum atomic E-state index is -4.31. The number of aromatic hydroxyl groups is 1. The second-order valence-corrected chi connectivity index (χ2v) is 11.3. The maximum absolute atomic E-state index is 13.3. The number of rotatable bonds is 8. The summed E-state index contributed by atoms with van der Waals surface area (Å²) in [6.07, 6.45) is -0.130. The number of carbonyl (C=O) groups is 1. The summed E-state index contributed by atoms with van der Waals surface area (Å²) in [4.78, 5) is 14.8. The van der Waals surface area contributed by atoms with Gasteiger partial charge in [0.2, 0.25) is 5.91 Å². The summed E-state index contributed by atoms with van der Waals surface area (Å²) in [5.74, 6) is -0.573. The summed E-state index contributed by atoms with van der Waals surface area (Å²) in [5.41, 5.74) is 3.16. The molecule has 1 heterocycles. The van der Waals surface area contributed by atoms with E-state index in [1.165, 1.54) is 12.1 Å². The monoisotopic (exact) mass is 563 g/mol. The van der Waals surface area contributed by atoms with Gasteiger partial charge in [0.25, 0.3) is 10.1 Å². The van der Waals surface area contributed by atoms with E-state index >= 15 is 0 Å². The number of phenolic OH excluding ortho intramolecular Hbond substituents is 1. The summed E-state index contributed by atoms with van der Waals surface area (Å²) in [6.45, 7) is 0. The molecule has 9 heteroatoms. The van der Waals surface area contributed by atoms with Crippen LogP contribution in [0.25, 0.3) is 11.1 Å². The smallest absolute Gasteiger partial charge is 0.294 e. The molecular formula is C30H26ClNO6S. The average Bonchev–Trinajstić information content (AvgIpc) is 2.92. The summed E-state index contributed by atoms with van der Waals surface area (Å²) < 4.78 is 31.9. The number of benzene rings is 4. The quantitative estimate of drug-likeness (QED) is 0.174. The van der Waals surface area contributed by atoms with Gasteiger partial charge in [-0.1, -0.05) is 72.3 Å². The van der Waals surface area contributed by atoms with Crippen LogP contribution in [-0.4, -0.2) is 29.1 Å². The number of hydrogen-bond acceptors (Lipinski definition) is 5. The number of aliphatic hydroxyl groups is 1. The largest absolute Gasteiger partial charge is 0.508 e. The molecule has 1 amide bonds. The van der Waals surface area contributed by atoms with Crippen molar-refractivity contribution in [3.05, 3.63) is 113 Å². The molecule has 5 rings (SSSR count). The van der Waals surface area contributed by atoms with Crippen LogP contribution in [0.4, 0.5) is 5.69 Å². The summed E-state index contributed by atoms with van der Waals surface area (Å²) >= 11 is 6.25. The van der Waals surface area contributed by atoms with Gasteiger partial charge in [-0.15, -0.1) is 0 Å². The summed E-state index contributed by atoms with van der Waals surface area (Å²) in [7, 11) is -4.31. The Morgan fingerprint density at radius 2 is 1.51 bits per heavy atom. The van der Waals surface area contributed by atoms with Crippen LogP contribution in [-0.2, 0) is 14.9 Å². The number of carbonyl (C=O) groups excluding carboxylic acids is 1. The summed E-state index contributed by atoms with van der Waals surface area (Å²) in [5, 5.41) is 22.3. The highest BCUT2D eigenvalue weighted by Crippen LogP contribution is 2.49. The van der Waals surface area contributed by atoms with Gasteiger partial charge in [-0.2, -0.15) is 8.42 Å². The number of amides is 1. The van der Waals surface area contributed by atoms with Gasteiger partial charge < -0.3 is 15.1 Å². The zero-order valence-corrected chi connectivity index (χ0v) is 22.3. The van der Waals surface area contributed by atoms with E-state index in [0.29, 0.717) is 45.8 Å². The fraction of sp³-hybridized carbons (Fsp3) is 0.167. The average molecular weight is 564 g/mol. The van der Waals surface area contributed by atoms with Crippen molar-refractivity contribution in [1.82, 2.24) is 0 Å². The van der Waals surface area contributed by atoms with Crippen molar-refractivity contribution in [2.24, 2.45) is 5.92 Å². The number of halogens is 1. The van der Waals surface area contributed by atoms with E-state index in [-0.39, 0.29) is 16.6 Å². The fourth-order valence-corrected chi connectivity index (χ4v) is 5.83. The SMILES string of the molecule is O=C1[C@H](CC[C@H](O)c2ccccc2Cl)[C@@H](c2ccc(-c3ccc(S(=O)(=O)O)cc3)cc2O)N1c1ccccc1. The number of anilines is 1. The fourth-order valence-electron chi connectivity index (χ4n) is 5.09. The van der Waals surface area contributed by atoms with Crippen molar-refractivity contribution in [2.45, 2.75) is 29.9 Å². The van der Waals surface area contributed by atoms with E-state index in [9.17, 15) is 28.0 Å². The van der Waals surface area contributed by atoms with Crippen LogP contribution in [0.1, 0.15) is 36.1 Å². The Labute approximate surface area is 231 Å². The van der Waals surface area contributed by atoms with Crippen molar-refractivity contribution in [1.29, 1.82) is 0 Å². The molecule has 0 aliphatic carbocycles. The van der Waals surface area contributed by atoms with Gasteiger partial charge in [-0.3, -0.25) is 9.35 Å². The van der Waals surface area contributed by atoms with Crippen LogP contribution in [0, 0.1) is 5.92 Å². The standard InChI is InChI=1S/C30H26ClNO6S/c31-26-9-5-4-8-23(26)27(33)17-16-25-29(32(30(25)35)21-6-2-1-3-7-21)24-15-12-20(18-28(24)34)19-10-13-22(14-11-19)39(36,37)38/h1-15,18,25,27,29,33-34H,16-17H2,(H,36,37,38)/t25-,27+,29-/m1/s1. The number of aliphatic hydroxyl groups excluding tert-OH is 1. The highest BCUT2D eigenvalue weighted by Gasteiger charge is 2.49. The molecule has 1 aliphatic heterocycles. The molecule has 3 N–H and O–H groups in total. The lowest BCUT2D eigenvalue weighted by atomic mass is 9.77. The van der Waals surface area contributed by atoms with Crippen LogP contribution < -0.4 is 4.90 Å². The molecule has 4 aromatic carbocycles. The third-order valence-electron chi connectivity index (χ3n) is 7.10. The van der Waals surface area contributed by atoms with Gasteiger partial charge in [0.15, 0.2) is 0 Å². The minimum Gasteiger partial charge on any atom is -0.508 e. The molecule has 1 fully saturated rings. The van der Waals surface area contributed by atoms with E-state index in [1.807, 2.05) is 30.3 Å². The van der Waals surface area contributed by atoms with E-state index in [0.717, 1.165) is 0 Å². The Hall–Kier alpha value is -3.69. The lowest BCUT2D eigenvalue weighted by Crippen LogP contribution is -2.55. The van der Waals surface area contributed by atoms with Crippen molar-refractivity contribution in [3.63, 3.8) is 0 Å². The Bertz CT molecular complexity index is 1610. The minimum absolute atomic E-state index is 0.0126. The number of hydrogen-bond donors (Lipinski definition) is 3. The number of phenols is 1. The van der Waals surface area contributed by atoms with Crippen LogP contribution in [0.15, 0.2) is 102 Å². The molecule has 0 saturated carbocycles. The Kier molecular flexibility index (Phi) is 7.46. The van der Waals surface area contributed by atoms with E-state index in [1.54, 1.807) is 59.5 Å². The molecule has 3 atom stereocenters. The van der Waals surface area contributed by atoms with Gasteiger partial charge in [-0.05, 0) is 65.9 Å². The van der Waals surface area contributed by atoms with Crippen molar-refractivity contribution in [3.8, 4) is 16.9 Å². The zero-order chi connectivity index (χ0) is 27.7. The van der Waals surface area contributed by atoms with Crippen molar-refractivity contribution >= 4 is 33.3 Å². The first kappa shape index (κ1) is 26.9. The summed E-state index contributed by atoms with van der Waals surface area (Å²) in [6, 6.07) is 26.6. The molecule has 200 valence electrons. The molecule has 0 unspecified atom stereocenters. The van der Waals surface area contributed by atoms with Gasteiger partial charge in [0.05, 0.1) is 23.0 Å². The Morgan fingerprint density at radius 1 is 0.872 bits per heavy atom. The van der Waals surface area contributed by atoms with E-state index in [4.69, 9.17) is 11.6 Å². The van der Waals surface area contributed by atoms with Gasteiger partial charge in [0.1, 0.15) is 5.75 Å². The van der Waals surface area contributed by atoms with Crippen molar-refractivity contribution in [2.75, 3.05) is 4.90 Å². The molecule has 0 radical (unpaired) electrons. The van der Waals surface area contributed by atoms with Crippen LogP contribution in [0.5, 0.6) is 5.75 Å². The number of para-hydroxylation sites is 1.